The molecule has 5 fully saturated rings. The molecular formula is C25H42N2O2. The van der Waals surface area contributed by atoms with Crippen molar-refractivity contribution in [2.75, 3.05) is 40.4 Å². The first kappa shape index (κ1) is 20.5. The summed E-state index contributed by atoms with van der Waals surface area (Å²) < 4.78 is 5.57. The van der Waals surface area contributed by atoms with E-state index in [0.717, 1.165) is 62.9 Å². The quantitative estimate of drug-likeness (QED) is 0.703. The molecule has 29 heavy (non-hydrogen) atoms. The standard InChI is InChI=1S/C25H42N2O2/c1-24-9-7-18(26(3)4)15-17(24)5-6-19-20(24)8-10-25(2)21(19)16-22(23(25)28)27-11-13-29-14-12-27/h17-22H,5-16H2,1-4H3/t17-,18+,19+,20-,21-,22-,24-,25-/m0/s1. The fourth-order valence-corrected chi connectivity index (χ4v) is 8.70. The lowest BCUT2D eigenvalue weighted by molar-refractivity contribution is -0.142. The van der Waals surface area contributed by atoms with E-state index in [2.05, 4.69) is 37.7 Å². The number of ketones is 1. The van der Waals surface area contributed by atoms with Gasteiger partial charge in [0, 0.05) is 24.5 Å². The Morgan fingerprint density at radius 2 is 1.72 bits per heavy atom. The fourth-order valence-electron chi connectivity index (χ4n) is 8.70. The van der Waals surface area contributed by atoms with Crippen LogP contribution in [0.4, 0.5) is 0 Å². The molecule has 0 aromatic heterocycles. The van der Waals surface area contributed by atoms with Gasteiger partial charge in [0.1, 0.15) is 0 Å². The van der Waals surface area contributed by atoms with Crippen LogP contribution in [0.25, 0.3) is 0 Å². The van der Waals surface area contributed by atoms with Crippen molar-refractivity contribution in [2.45, 2.75) is 77.3 Å². The van der Waals surface area contributed by atoms with E-state index in [1.807, 2.05) is 0 Å². The summed E-state index contributed by atoms with van der Waals surface area (Å²) in [6.45, 7) is 8.46. The Labute approximate surface area is 177 Å². The number of ether oxygens (including phenoxy) is 1. The van der Waals surface area contributed by atoms with Crippen LogP contribution < -0.4 is 0 Å². The Bertz CT molecular complexity index is 645. The molecular weight excluding hydrogens is 360 g/mol. The molecule has 1 heterocycles. The van der Waals surface area contributed by atoms with Crippen LogP contribution in [0, 0.1) is 34.5 Å². The van der Waals surface area contributed by atoms with Crippen LogP contribution >= 0.6 is 0 Å². The van der Waals surface area contributed by atoms with Crippen molar-refractivity contribution in [2.24, 2.45) is 34.5 Å². The van der Waals surface area contributed by atoms with Gasteiger partial charge in [0.2, 0.25) is 0 Å². The Morgan fingerprint density at radius 1 is 0.966 bits per heavy atom. The molecule has 0 spiro atoms. The second-order valence-corrected chi connectivity index (χ2v) is 11.8. The molecule has 1 saturated heterocycles. The third-order valence-corrected chi connectivity index (χ3v) is 10.6. The molecule has 4 heteroatoms. The molecule has 164 valence electrons. The number of Topliss-reactive ketones (excluding diaryl/α,β-unsaturated/α-hetero) is 1. The number of carbonyl (C=O) groups is 1. The van der Waals surface area contributed by atoms with E-state index in [-0.39, 0.29) is 11.5 Å². The maximum absolute atomic E-state index is 13.6. The molecule has 0 unspecified atom stereocenters. The van der Waals surface area contributed by atoms with E-state index in [4.69, 9.17) is 4.74 Å². The zero-order valence-corrected chi connectivity index (χ0v) is 19.2. The lowest BCUT2D eigenvalue weighted by Gasteiger charge is -2.60. The highest BCUT2D eigenvalue weighted by molar-refractivity contribution is 5.92. The fraction of sp³-hybridized carbons (Fsp3) is 0.960. The Hall–Kier alpha value is -0.450. The molecule has 4 saturated carbocycles. The lowest BCUT2D eigenvalue weighted by Crippen LogP contribution is -2.55. The van der Waals surface area contributed by atoms with Gasteiger partial charge in [-0.3, -0.25) is 9.69 Å². The van der Waals surface area contributed by atoms with Gasteiger partial charge in [-0.2, -0.15) is 0 Å². The highest BCUT2D eigenvalue weighted by Crippen LogP contribution is 2.65. The summed E-state index contributed by atoms with van der Waals surface area (Å²) in [6.07, 6.45) is 10.5. The van der Waals surface area contributed by atoms with Gasteiger partial charge in [-0.15, -0.1) is 0 Å². The van der Waals surface area contributed by atoms with Crippen LogP contribution in [0.3, 0.4) is 0 Å². The normalized spacial score (nSPS) is 50.9. The molecule has 8 atom stereocenters. The van der Waals surface area contributed by atoms with Crippen molar-refractivity contribution >= 4 is 5.78 Å². The summed E-state index contributed by atoms with van der Waals surface area (Å²) in [6, 6.07) is 0.944. The molecule has 0 radical (unpaired) electrons. The first-order valence-electron chi connectivity index (χ1n) is 12.4. The second-order valence-electron chi connectivity index (χ2n) is 11.8. The predicted octanol–water partition coefficient (Wildman–Crippen LogP) is 3.84. The number of rotatable bonds is 2. The minimum atomic E-state index is -0.0613. The monoisotopic (exact) mass is 402 g/mol. The van der Waals surface area contributed by atoms with E-state index in [0.29, 0.717) is 17.1 Å². The van der Waals surface area contributed by atoms with Crippen LogP contribution in [-0.2, 0) is 9.53 Å². The summed E-state index contributed by atoms with van der Waals surface area (Å²) in [5.41, 5.74) is 0.449. The minimum absolute atomic E-state index is 0.0613. The maximum Gasteiger partial charge on any atom is 0.156 e. The van der Waals surface area contributed by atoms with E-state index in [1.165, 1.54) is 38.5 Å². The molecule has 0 aromatic carbocycles. The average Bonchev–Trinajstić information content (AvgIpc) is 2.99. The van der Waals surface area contributed by atoms with E-state index < -0.39 is 0 Å². The molecule has 0 amide bonds. The van der Waals surface area contributed by atoms with Crippen LogP contribution in [0.15, 0.2) is 0 Å². The molecule has 0 N–H and O–H groups in total. The summed E-state index contributed by atoms with van der Waals surface area (Å²) in [4.78, 5) is 18.6. The number of nitrogens with zero attached hydrogens (tertiary/aromatic N) is 2. The summed E-state index contributed by atoms with van der Waals surface area (Å²) in [5, 5.41) is 0. The highest BCUT2D eigenvalue weighted by Gasteiger charge is 2.63. The largest absolute Gasteiger partial charge is 0.379 e. The van der Waals surface area contributed by atoms with Gasteiger partial charge >= 0.3 is 0 Å². The summed E-state index contributed by atoms with van der Waals surface area (Å²) >= 11 is 0. The van der Waals surface area contributed by atoms with E-state index >= 15 is 0 Å². The number of morpholine rings is 1. The Kier molecular flexibility index (Phi) is 5.15. The van der Waals surface area contributed by atoms with Gasteiger partial charge < -0.3 is 9.64 Å². The van der Waals surface area contributed by atoms with Crippen LogP contribution in [0.1, 0.15) is 65.2 Å². The van der Waals surface area contributed by atoms with E-state index in [1.54, 1.807) is 0 Å². The van der Waals surface area contributed by atoms with Crippen molar-refractivity contribution in [3.05, 3.63) is 0 Å². The second kappa shape index (κ2) is 7.31. The van der Waals surface area contributed by atoms with Crippen molar-refractivity contribution in [3.8, 4) is 0 Å². The third kappa shape index (κ3) is 3.07. The third-order valence-electron chi connectivity index (χ3n) is 10.6. The molecule has 1 aliphatic heterocycles. The van der Waals surface area contributed by atoms with Crippen molar-refractivity contribution in [3.63, 3.8) is 0 Å². The molecule has 0 aromatic rings. The summed E-state index contributed by atoms with van der Waals surface area (Å²) in [7, 11) is 4.53. The zero-order chi connectivity index (χ0) is 20.4. The first-order chi connectivity index (χ1) is 13.8. The molecule has 5 rings (SSSR count). The number of carbonyl (C=O) groups excluding carboxylic acids is 1. The highest BCUT2D eigenvalue weighted by atomic mass is 16.5. The first-order valence-corrected chi connectivity index (χ1v) is 12.4. The maximum atomic E-state index is 13.6. The SMILES string of the molecule is CN(C)[C@@H]1CC[C@@]2(C)[C@@H](CC[C@@H]3[C@@H]2CC[C@]2(C)C(=O)[C@@H](N4CCOCC4)C[C@@H]32)C1. The van der Waals surface area contributed by atoms with Crippen LogP contribution in [0.5, 0.6) is 0 Å². The van der Waals surface area contributed by atoms with Gasteiger partial charge in [0.15, 0.2) is 5.78 Å². The molecule has 4 aliphatic carbocycles. The van der Waals surface area contributed by atoms with Crippen LogP contribution in [-0.4, -0.2) is 68.1 Å². The van der Waals surface area contributed by atoms with E-state index in [9.17, 15) is 4.79 Å². The van der Waals surface area contributed by atoms with Crippen molar-refractivity contribution < 1.29 is 9.53 Å². The number of hydrogen-bond acceptors (Lipinski definition) is 4. The summed E-state index contributed by atoms with van der Waals surface area (Å²) in [5.74, 6) is 3.71. The zero-order valence-electron chi connectivity index (χ0n) is 19.2. The van der Waals surface area contributed by atoms with Crippen molar-refractivity contribution in [1.29, 1.82) is 0 Å². The average molecular weight is 403 g/mol. The van der Waals surface area contributed by atoms with Crippen molar-refractivity contribution in [1.82, 2.24) is 9.80 Å². The van der Waals surface area contributed by atoms with Gasteiger partial charge in [-0.1, -0.05) is 13.8 Å². The number of hydrogen-bond donors (Lipinski definition) is 0. The van der Waals surface area contributed by atoms with Crippen LogP contribution in [0.2, 0.25) is 0 Å². The lowest BCUT2D eigenvalue weighted by atomic mass is 9.45. The van der Waals surface area contributed by atoms with Gasteiger partial charge in [0.25, 0.3) is 0 Å². The van der Waals surface area contributed by atoms with Gasteiger partial charge in [0.05, 0.1) is 19.3 Å². The van der Waals surface area contributed by atoms with Gasteiger partial charge in [-0.05, 0) is 94.5 Å². The Balaban J connectivity index is 1.37. The smallest absolute Gasteiger partial charge is 0.156 e. The topological polar surface area (TPSA) is 32.8 Å². The molecule has 4 nitrogen and oxygen atoms in total. The predicted molar refractivity (Wildman–Crippen MR) is 116 cm³/mol. The Morgan fingerprint density at radius 3 is 2.45 bits per heavy atom. The van der Waals surface area contributed by atoms with Gasteiger partial charge in [-0.25, -0.2) is 0 Å². The molecule has 0 bridgehead atoms. The number of fused-ring (bicyclic) bond motifs is 5. The minimum Gasteiger partial charge on any atom is -0.379 e. The molecule has 5 aliphatic rings.